The Balaban J connectivity index is 1.30. The van der Waals surface area contributed by atoms with Gasteiger partial charge in [-0.15, -0.1) is 0 Å². The van der Waals surface area contributed by atoms with Crippen LogP contribution in [0.2, 0.25) is 0 Å². The van der Waals surface area contributed by atoms with Crippen LogP contribution < -0.4 is 4.90 Å². The molecule has 2 aliphatic carbocycles. The minimum Gasteiger partial charge on any atom is -0.310 e. The van der Waals surface area contributed by atoms with Gasteiger partial charge in [0.25, 0.3) is 0 Å². The van der Waals surface area contributed by atoms with Crippen molar-refractivity contribution in [1.82, 2.24) is 4.57 Å². The summed E-state index contributed by atoms with van der Waals surface area (Å²) in [4.78, 5) is 2.48. The van der Waals surface area contributed by atoms with E-state index < -0.39 is 0 Å². The molecule has 0 unspecified atom stereocenters. The Bertz CT molecular complexity index is 2510. The van der Waals surface area contributed by atoms with E-state index in [0.29, 0.717) is 0 Å². The molecule has 0 saturated heterocycles. The second-order valence-electron chi connectivity index (χ2n) is 14.9. The molecule has 0 N–H and O–H groups in total. The molecule has 0 fully saturated rings. The summed E-state index contributed by atoms with van der Waals surface area (Å²) >= 11 is 0. The molecule has 1 aromatic heterocycles. The smallest absolute Gasteiger partial charge is 0.0547 e. The SMILES string of the molecule is CC1(C)C2=CCCC=C2c2cc3c(cc21)c1cc(N2c4ccccc4C(C)(C)c4ccccc42)ccc1n3-c1cccc2ccccc12. The van der Waals surface area contributed by atoms with Gasteiger partial charge in [-0.25, -0.2) is 0 Å². The number of fused-ring (bicyclic) bond motifs is 9. The number of benzene rings is 6. The zero-order valence-electron chi connectivity index (χ0n) is 28.0. The number of rotatable bonds is 2. The second kappa shape index (κ2) is 9.61. The number of anilines is 3. The molecule has 2 heteroatoms. The van der Waals surface area contributed by atoms with Gasteiger partial charge in [0.15, 0.2) is 0 Å². The molecular formula is C46H38N2. The molecule has 0 spiro atoms. The summed E-state index contributed by atoms with van der Waals surface area (Å²) in [5.74, 6) is 0. The first-order valence-corrected chi connectivity index (χ1v) is 17.4. The Kier molecular flexibility index (Phi) is 5.55. The molecule has 1 aliphatic heterocycles. The first-order chi connectivity index (χ1) is 23.3. The molecule has 7 aromatic rings. The lowest BCUT2D eigenvalue weighted by Gasteiger charge is -2.42. The standard InChI is InChI=1S/C46H38N2/c1-45(2)36-18-8-7-17-32(36)33-28-44-35(27-39(33)45)34-26-30(24-25-41(34)48(44)40-23-13-15-29-14-5-6-16-31(29)40)47-42-21-11-9-19-37(42)46(3,4)38-20-10-12-22-43(38)47/h5-6,9-28H,7-8H2,1-4H3. The van der Waals surface area contributed by atoms with E-state index in [2.05, 4.69) is 171 Å². The van der Waals surface area contributed by atoms with Crippen molar-refractivity contribution in [1.29, 1.82) is 0 Å². The molecule has 0 radical (unpaired) electrons. The van der Waals surface area contributed by atoms with E-state index in [9.17, 15) is 0 Å². The molecule has 10 rings (SSSR count). The highest BCUT2D eigenvalue weighted by atomic mass is 15.2. The molecule has 3 aliphatic rings. The van der Waals surface area contributed by atoms with Gasteiger partial charge in [0.1, 0.15) is 0 Å². The summed E-state index contributed by atoms with van der Waals surface area (Å²) < 4.78 is 2.52. The van der Waals surface area contributed by atoms with Gasteiger partial charge in [0.05, 0.1) is 28.1 Å². The molecule has 232 valence electrons. The number of aromatic nitrogens is 1. The Morgan fingerprint density at radius 3 is 1.94 bits per heavy atom. The third-order valence-corrected chi connectivity index (χ3v) is 11.6. The van der Waals surface area contributed by atoms with Gasteiger partial charge in [0, 0.05) is 32.7 Å². The molecule has 6 aromatic carbocycles. The van der Waals surface area contributed by atoms with Crippen molar-refractivity contribution in [3.8, 4) is 5.69 Å². The lowest BCUT2D eigenvalue weighted by Crippen LogP contribution is -2.30. The van der Waals surface area contributed by atoms with Gasteiger partial charge in [-0.1, -0.05) is 113 Å². The van der Waals surface area contributed by atoms with Crippen LogP contribution in [0.3, 0.4) is 0 Å². The summed E-state index contributed by atoms with van der Waals surface area (Å²) in [7, 11) is 0. The summed E-state index contributed by atoms with van der Waals surface area (Å²) in [5.41, 5.74) is 15.8. The summed E-state index contributed by atoms with van der Waals surface area (Å²) in [5, 5.41) is 5.12. The van der Waals surface area contributed by atoms with E-state index in [1.165, 1.54) is 88.7 Å². The average molecular weight is 619 g/mol. The van der Waals surface area contributed by atoms with Crippen LogP contribution in [-0.2, 0) is 10.8 Å². The van der Waals surface area contributed by atoms with Crippen molar-refractivity contribution in [3.63, 3.8) is 0 Å². The Morgan fingerprint density at radius 2 is 1.15 bits per heavy atom. The molecular weight excluding hydrogens is 581 g/mol. The van der Waals surface area contributed by atoms with Gasteiger partial charge >= 0.3 is 0 Å². The molecule has 0 saturated carbocycles. The van der Waals surface area contributed by atoms with Crippen molar-refractivity contribution in [2.45, 2.75) is 51.4 Å². The zero-order valence-corrected chi connectivity index (χ0v) is 28.0. The number of hydrogen-bond acceptors (Lipinski definition) is 1. The molecule has 0 amide bonds. The van der Waals surface area contributed by atoms with Gasteiger partial charge in [-0.2, -0.15) is 0 Å². The van der Waals surface area contributed by atoms with E-state index >= 15 is 0 Å². The van der Waals surface area contributed by atoms with Gasteiger partial charge in [0.2, 0.25) is 0 Å². The summed E-state index contributed by atoms with van der Waals surface area (Å²) in [6.07, 6.45) is 7.20. The minimum atomic E-state index is -0.0928. The van der Waals surface area contributed by atoms with Gasteiger partial charge in [-0.3, -0.25) is 0 Å². The van der Waals surface area contributed by atoms with E-state index in [4.69, 9.17) is 0 Å². The number of para-hydroxylation sites is 2. The van der Waals surface area contributed by atoms with Crippen LogP contribution in [-0.4, -0.2) is 4.57 Å². The highest BCUT2D eigenvalue weighted by Crippen LogP contribution is 2.55. The van der Waals surface area contributed by atoms with Crippen molar-refractivity contribution in [3.05, 3.63) is 161 Å². The van der Waals surface area contributed by atoms with Crippen LogP contribution in [0.1, 0.15) is 62.8 Å². The molecule has 48 heavy (non-hydrogen) atoms. The molecule has 2 heterocycles. The lowest BCUT2D eigenvalue weighted by atomic mass is 9.73. The zero-order chi connectivity index (χ0) is 32.4. The predicted molar refractivity (Wildman–Crippen MR) is 203 cm³/mol. The van der Waals surface area contributed by atoms with Crippen molar-refractivity contribution >= 4 is 55.2 Å². The maximum atomic E-state index is 2.53. The van der Waals surface area contributed by atoms with Crippen LogP contribution in [0.15, 0.2) is 139 Å². The van der Waals surface area contributed by atoms with Crippen molar-refractivity contribution in [2.75, 3.05) is 4.90 Å². The monoisotopic (exact) mass is 618 g/mol. The van der Waals surface area contributed by atoms with E-state index in [0.717, 1.165) is 12.8 Å². The maximum absolute atomic E-state index is 2.53. The number of allylic oxidation sites excluding steroid dienone is 4. The van der Waals surface area contributed by atoms with Crippen LogP contribution in [0.4, 0.5) is 17.1 Å². The van der Waals surface area contributed by atoms with Crippen molar-refractivity contribution in [2.24, 2.45) is 0 Å². The van der Waals surface area contributed by atoms with Gasteiger partial charge in [-0.05, 0) is 100 Å². The average Bonchev–Trinajstić information content (AvgIpc) is 3.55. The first-order valence-electron chi connectivity index (χ1n) is 17.4. The highest BCUT2D eigenvalue weighted by Gasteiger charge is 2.40. The number of hydrogen-bond donors (Lipinski definition) is 0. The quantitative estimate of drug-likeness (QED) is 0.187. The fraction of sp³-hybridized carbons (Fsp3) is 0.174. The van der Waals surface area contributed by atoms with Crippen LogP contribution in [0.5, 0.6) is 0 Å². The summed E-state index contributed by atoms with van der Waals surface area (Å²) in [6.45, 7) is 9.53. The minimum absolute atomic E-state index is 0.0302. The predicted octanol–water partition coefficient (Wildman–Crippen LogP) is 12.4. The van der Waals surface area contributed by atoms with Crippen LogP contribution in [0.25, 0.3) is 43.8 Å². The van der Waals surface area contributed by atoms with E-state index in [-0.39, 0.29) is 10.8 Å². The largest absolute Gasteiger partial charge is 0.310 e. The topological polar surface area (TPSA) is 8.17 Å². The molecule has 0 atom stereocenters. The highest BCUT2D eigenvalue weighted by molar-refractivity contribution is 6.14. The Hall–Kier alpha value is -5.34. The molecule has 0 bridgehead atoms. The van der Waals surface area contributed by atoms with Gasteiger partial charge < -0.3 is 9.47 Å². The molecule has 2 nitrogen and oxygen atoms in total. The maximum Gasteiger partial charge on any atom is 0.0547 e. The van der Waals surface area contributed by atoms with E-state index in [1.54, 1.807) is 0 Å². The fourth-order valence-electron chi connectivity index (χ4n) is 9.21. The second-order valence-corrected chi connectivity index (χ2v) is 14.9. The Labute approximate surface area is 282 Å². The van der Waals surface area contributed by atoms with Crippen molar-refractivity contribution < 1.29 is 0 Å². The fourth-order valence-corrected chi connectivity index (χ4v) is 9.21. The lowest BCUT2D eigenvalue weighted by molar-refractivity contribution is 0.632. The third-order valence-electron chi connectivity index (χ3n) is 11.6. The van der Waals surface area contributed by atoms with Crippen LogP contribution in [0, 0.1) is 0 Å². The first kappa shape index (κ1) is 27.7. The Morgan fingerprint density at radius 1 is 0.500 bits per heavy atom. The number of nitrogens with zero attached hydrogens (tertiary/aromatic N) is 2. The van der Waals surface area contributed by atoms with Crippen LogP contribution >= 0.6 is 0 Å². The summed E-state index contributed by atoms with van der Waals surface area (Å²) in [6, 6.07) is 45.6. The third kappa shape index (κ3) is 3.58. The normalized spacial score (nSPS) is 17.1. The van der Waals surface area contributed by atoms with E-state index in [1.807, 2.05) is 0 Å².